The number of hydrogen-bond donors (Lipinski definition) is 1. The van der Waals surface area contributed by atoms with E-state index < -0.39 is 12.3 Å². The van der Waals surface area contributed by atoms with Crippen LogP contribution in [0.5, 0.6) is 5.75 Å². The SMILES string of the molecule is CC(Oc1cccc(Br)c1C(N)=S)C(F)(F)F. The molecule has 1 rings (SSSR count). The smallest absolute Gasteiger partial charge is 0.425 e. The minimum atomic E-state index is -4.43. The zero-order chi connectivity index (χ0) is 13.2. The van der Waals surface area contributed by atoms with Crippen LogP contribution >= 0.6 is 28.1 Å². The fourth-order valence-electron chi connectivity index (χ4n) is 1.10. The molecule has 7 heteroatoms. The van der Waals surface area contributed by atoms with Gasteiger partial charge in [0, 0.05) is 4.47 Å². The molecule has 0 fully saturated rings. The van der Waals surface area contributed by atoms with Crippen molar-refractivity contribution in [2.24, 2.45) is 5.73 Å². The van der Waals surface area contributed by atoms with E-state index in [4.69, 9.17) is 22.7 Å². The largest absolute Gasteiger partial charge is 0.480 e. The molecule has 2 nitrogen and oxygen atoms in total. The van der Waals surface area contributed by atoms with E-state index in [-0.39, 0.29) is 16.3 Å². The summed E-state index contributed by atoms with van der Waals surface area (Å²) >= 11 is 7.93. The molecular weight excluding hydrogens is 319 g/mol. The molecule has 0 saturated heterocycles. The highest BCUT2D eigenvalue weighted by Crippen LogP contribution is 2.30. The fraction of sp³-hybridized carbons (Fsp3) is 0.300. The molecule has 0 spiro atoms. The van der Waals surface area contributed by atoms with Gasteiger partial charge in [0.2, 0.25) is 0 Å². The van der Waals surface area contributed by atoms with Crippen molar-refractivity contribution >= 4 is 33.1 Å². The van der Waals surface area contributed by atoms with Crippen LogP contribution in [-0.4, -0.2) is 17.3 Å². The number of alkyl halides is 3. The molecule has 94 valence electrons. The number of thiocarbonyl (C=S) groups is 1. The highest BCUT2D eigenvalue weighted by atomic mass is 79.9. The highest BCUT2D eigenvalue weighted by molar-refractivity contribution is 9.10. The minimum Gasteiger partial charge on any atom is -0.480 e. The minimum absolute atomic E-state index is 0.0108. The molecule has 1 atom stereocenters. The third-order valence-corrected chi connectivity index (χ3v) is 2.85. The van der Waals surface area contributed by atoms with Gasteiger partial charge in [-0.3, -0.25) is 0 Å². The van der Waals surface area contributed by atoms with Crippen LogP contribution < -0.4 is 10.5 Å². The first kappa shape index (κ1) is 14.2. The second kappa shape index (κ2) is 5.22. The maximum absolute atomic E-state index is 12.4. The molecule has 0 aliphatic carbocycles. The predicted molar refractivity (Wildman–Crippen MR) is 66.2 cm³/mol. The quantitative estimate of drug-likeness (QED) is 0.864. The standard InChI is InChI=1S/C10H9BrF3NOS/c1-5(10(12,13)14)16-7-4-2-3-6(11)8(7)9(15)17/h2-5H,1H3,(H2,15,17). The third kappa shape index (κ3) is 3.57. The summed E-state index contributed by atoms with van der Waals surface area (Å²) in [5.41, 5.74) is 5.70. The van der Waals surface area contributed by atoms with E-state index in [0.717, 1.165) is 6.92 Å². The van der Waals surface area contributed by atoms with Crippen molar-refractivity contribution in [1.29, 1.82) is 0 Å². The number of rotatable bonds is 3. The number of hydrogen-bond acceptors (Lipinski definition) is 2. The predicted octanol–water partition coefficient (Wildman–Crippen LogP) is 3.41. The molecule has 17 heavy (non-hydrogen) atoms. The van der Waals surface area contributed by atoms with E-state index in [1.54, 1.807) is 12.1 Å². The Hall–Kier alpha value is -0.820. The van der Waals surface area contributed by atoms with E-state index in [1.165, 1.54) is 6.07 Å². The molecule has 2 N–H and O–H groups in total. The molecule has 0 amide bonds. The van der Waals surface area contributed by atoms with E-state index in [2.05, 4.69) is 15.9 Å². The monoisotopic (exact) mass is 327 g/mol. The van der Waals surface area contributed by atoms with Crippen LogP contribution in [0.25, 0.3) is 0 Å². The van der Waals surface area contributed by atoms with Gasteiger partial charge < -0.3 is 10.5 Å². The van der Waals surface area contributed by atoms with Gasteiger partial charge in [-0.05, 0) is 35.0 Å². The van der Waals surface area contributed by atoms with Gasteiger partial charge in [0.15, 0.2) is 6.10 Å². The van der Waals surface area contributed by atoms with Gasteiger partial charge in [0.25, 0.3) is 0 Å². The topological polar surface area (TPSA) is 35.2 Å². The second-order valence-electron chi connectivity index (χ2n) is 3.28. The Morgan fingerprint density at radius 2 is 2.06 bits per heavy atom. The number of halogens is 4. The molecule has 1 aromatic carbocycles. The lowest BCUT2D eigenvalue weighted by Gasteiger charge is -2.19. The Balaban J connectivity index is 3.07. The molecule has 0 saturated carbocycles. The Morgan fingerprint density at radius 1 is 1.47 bits per heavy atom. The molecule has 1 unspecified atom stereocenters. The van der Waals surface area contributed by atoms with Crippen LogP contribution in [0.15, 0.2) is 22.7 Å². The molecule has 0 aliphatic rings. The van der Waals surface area contributed by atoms with Crippen molar-refractivity contribution < 1.29 is 17.9 Å². The van der Waals surface area contributed by atoms with Crippen molar-refractivity contribution in [3.05, 3.63) is 28.2 Å². The molecular formula is C10H9BrF3NOS. The summed E-state index contributed by atoms with van der Waals surface area (Å²) in [5.74, 6) is 0.0108. The van der Waals surface area contributed by atoms with E-state index >= 15 is 0 Å². The van der Waals surface area contributed by atoms with Gasteiger partial charge in [0.1, 0.15) is 10.7 Å². The highest BCUT2D eigenvalue weighted by Gasteiger charge is 2.38. The molecule has 0 heterocycles. The van der Waals surface area contributed by atoms with Crippen LogP contribution in [0.4, 0.5) is 13.2 Å². The molecule has 0 bridgehead atoms. The normalized spacial score (nSPS) is 13.2. The van der Waals surface area contributed by atoms with E-state index in [0.29, 0.717) is 4.47 Å². The van der Waals surface area contributed by atoms with Crippen molar-refractivity contribution in [3.63, 3.8) is 0 Å². The number of nitrogens with two attached hydrogens (primary N) is 1. The van der Waals surface area contributed by atoms with Gasteiger partial charge in [-0.2, -0.15) is 13.2 Å². The van der Waals surface area contributed by atoms with Crippen LogP contribution in [-0.2, 0) is 0 Å². The Labute approximate surface area is 110 Å². The van der Waals surface area contributed by atoms with Gasteiger partial charge in [-0.1, -0.05) is 18.3 Å². The Kier molecular flexibility index (Phi) is 4.37. The number of ether oxygens (including phenoxy) is 1. The second-order valence-corrected chi connectivity index (χ2v) is 4.57. The van der Waals surface area contributed by atoms with E-state index in [9.17, 15) is 13.2 Å². The van der Waals surface area contributed by atoms with Gasteiger partial charge in [-0.15, -0.1) is 0 Å². The summed E-state index contributed by atoms with van der Waals surface area (Å²) in [6, 6.07) is 4.56. The van der Waals surface area contributed by atoms with Crippen molar-refractivity contribution in [2.45, 2.75) is 19.2 Å². The third-order valence-electron chi connectivity index (χ3n) is 1.99. The first-order valence-corrected chi connectivity index (χ1v) is 5.75. The maximum atomic E-state index is 12.4. The lowest BCUT2D eigenvalue weighted by atomic mass is 10.2. The van der Waals surface area contributed by atoms with Crippen molar-refractivity contribution in [3.8, 4) is 5.75 Å². The molecule has 1 aromatic rings. The summed E-state index contributed by atoms with van der Waals surface area (Å²) in [5, 5.41) is 0. The average molecular weight is 328 g/mol. The van der Waals surface area contributed by atoms with Gasteiger partial charge in [0.05, 0.1) is 5.56 Å². The molecule has 0 radical (unpaired) electrons. The van der Waals surface area contributed by atoms with E-state index in [1.807, 2.05) is 0 Å². The summed E-state index contributed by atoms with van der Waals surface area (Å²) in [6.45, 7) is 0.921. The zero-order valence-electron chi connectivity index (χ0n) is 8.72. The van der Waals surface area contributed by atoms with Gasteiger partial charge in [-0.25, -0.2) is 0 Å². The van der Waals surface area contributed by atoms with Crippen LogP contribution in [0.2, 0.25) is 0 Å². The Morgan fingerprint density at radius 3 is 2.53 bits per heavy atom. The summed E-state index contributed by atoms with van der Waals surface area (Å²) < 4.78 is 42.4. The van der Waals surface area contributed by atoms with Crippen LogP contribution in [0.3, 0.4) is 0 Å². The number of benzene rings is 1. The molecule has 0 aliphatic heterocycles. The van der Waals surface area contributed by atoms with Crippen molar-refractivity contribution in [1.82, 2.24) is 0 Å². The van der Waals surface area contributed by atoms with Crippen LogP contribution in [0.1, 0.15) is 12.5 Å². The van der Waals surface area contributed by atoms with Gasteiger partial charge >= 0.3 is 6.18 Å². The van der Waals surface area contributed by atoms with Crippen LogP contribution in [0, 0.1) is 0 Å². The lowest BCUT2D eigenvalue weighted by molar-refractivity contribution is -0.189. The summed E-state index contributed by atoms with van der Waals surface area (Å²) in [6.07, 6.45) is -6.36. The fourth-order valence-corrected chi connectivity index (χ4v) is 2.00. The summed E-state index contributed by atoms with van der Waals surface area (Å²) in [4.78, 5) is -0.0261. The average Bonchev–Trinajstić information content (AvgIpc) is 2.15. The zero-order valence-corrected chi connectivity index (χ0v) is 11.1. The Bertz CT molecular complexity index is 436. The maximum Gasteiger partial charge on any atom is 0.425 e. The van der Waals surface area contributed by atoms with Crippen molar-refractivity contribution in [2.75, 3.05) is 0 Å². The first-order valence-electron chi connectivity index (χ1n) is 4.55. The summed E-state index contributed by atoms with van der Waals surface area (Å²) in [7, 11) is 0. The first-order chi connectivity index (χ1) is 7.73. The lowest BCUT2D eigenvalue weighted by Crippen LogP contribution is -2.32. The molecule has 0 aromatic heterocycles.